The number of benzene rings is 8. The predicted octanol–water partition coefficient (Wildman–Crippen LogP) is 12.8. The Hall–Kier alpha value is -6.38. The van der Waals surface area contributed by atoms with Gasteiger partial charge in [0.05, 0.1) is 11.0 Å². The molecule has 222 valence electrons. The van der Waals surface area contributed by atoms with Gasteiger partial charge in [-0.15, -0.1) is 0 Å². The molecule has 2 heterocycles. The highest BCUT2D eigenvalue weighted by Gasteiger charge is 2.22. The molecule has 0 saturated heterocycles. The normalized spacial score (nSPS) is 12.2. The maximum atomic E-state index is 6.37. The van der Waals surface area contributed by atoms with E-state index in [4.69, 9.17) is 4.42 Å². The number of hydrogen-bond acceptors (Lipinski definition) is 1. The number of para-hydroxylation sites is 2. The molecule has 0 unspecified atom stereocenters. The van der Waals surface area contributed by atoms with Crippen molar-refractivity contribution in [2.24, 2.45) is 0 Å². The van der Waals surface area contributed by atoms with E-state index < -0.39 is 0 Å². The molecular weight excluding hydrogens is 583 g/mol. The van der Waals surface area contributed by atoms with Gasteiger partial charge < -0.3 is 8.98 Å². The Kier molecular flexibility index (Phi) is 5.14. The summed E-state index contributed by atoms with van der Waals surface area (Å²) in [7, 11) is 0. The Labute approximate surface area is 276 Å². The number of aromatic nitrogens is 1. The zero-order valence-corrected chi connectivity index (χ0v) is 25.9. The van der Waals surface area contributed by atoms with Gasteiger partial charge in [-0.2, -0.15) is 0 Å². The van der Waals surface area contributed by atoms with Crippen LogP contribution in [0.1, 0.15) is 0 Å². The van der Waals surface area contributed by atoms with Gasteiger partial charge in [0.2, 0.25) is 0 Å². The minimum Gasteiger partial charge on any atom is -0.456 e. The molecular formula is C46H27NO. The fraction of sp³-hybridized carbons (Fsp3) is 0. The van der Waals surface area contributed by atoms with E-state index in [1.807, 2.05) is 0 Å². The van der Waals surface area contributed by atoms with Crippen LogP contribution in [0.4, 0.5) is 0 Å². The molecule has 0 bridgehead atoms. The van der Waals surface area contributed by atoms with Crippen LogP contribution in [-0.4, -0.2) is 4.57 Å². The molecule has 0 spiro atoms. The van der Waals surface area contributed by atoms with Gasteiger partial charge in [0.15, 0.2) is 0 Å². The fourth-order valence-corrected chi connectivity index (χ4v) is 8.11. The van der Waals surface area contributed by atoms with E-state index in [2.05, 4.69) is 168 Å². The molecule has 2 nitrogen and oxygen atoms in total. The van der Waals surface area contributed by atoms with E-state index in [1.165, 1.54) is 77.1 Å². The zero-order valence-electron chi connectivity index (χ0n) is 25.9. The molecule has 0 N–H and O–H groups in total. The quantitative estimate of drug-likeness (QED) is 0.195. The van der Waals surface area contributed by atoms with E-state index in [-0.39, 0.29) is 0 Å². The van der Waals surface area contributed by atoms with Gasteiger partial charge in [0.1, 0.15) is 11.2 Å². The second kappa shape index (κ2) is 9.57. The first kappa shape index (κ1) is 25.8. The summed E-state index contributed by atoms with van der Waals surface area (Å²) in [5.74, 6) is 0. The SMILES string of the molecule is c1ccc(-n2c3ccccc3c3ccc(-c4ccc5oc6ccc(-c7ccc8c(c7)-c7cccc9cccc-8c79)cc6c5c4)cc32)cc1. The van der Waals surface area contributed by atoms with E-state index >= 15 is 0 Å². The Morgan fingerprint density at radius 3 is 1.73 bits per heavy atom. The third-order valence-corrected chi connectivity index (χ3v) is 10.3. The van der Waals surface area contributed by atoms with Gasteiger partial charge in [0.25, 0.3) is 0 Å². The average molecular weight is 610 g/mol. The minimum absolute atomic E-state index is 0.904. The summed E-state index contributed by atoms with van der Waals surface area (Å²) in [6.07, 6.45) is 0. The van der Waals surface area contributed by atoms with Gasteiger partial charge in [-0.05, 0) is 110 Å². The first-order chi connectivity index (χ1) is 23.8. The van der Waals surface area contributed by atoms with Crippen LogP contribution in [0.3, 0.4) is 0 Å². The highest BCUT2D eigenvalue weighted by atomic mass is 16.3. The van der Waals surface area contributed by atoms with E-state index in [0.717, 1.165) is 27.6 Å². The Balaban J connectivity index is 1.05. The van der Waals surface area contributed by atoms with Crippen LogP contribution in [0.15, 0.2) is 168 Å². The summed E-state index contributed by atoms with van der Waals surface area (Å²) in [5.41, 5.74) is 15.4. The topological polar surface area (TPSA) is 18.1 Å². The molecule has 0 atom stereocenters. The Bertz CT molecular complexity index is 2940. The number of rotatable bonds is 3. The van der Waals surface area contributed by atoms with Crippen molar-refractivity contribution in [2.45, 2.75) is 0 Å². The maximum absolute atomic E-state index is 6.37. The van der Waals surface area contributed by atoms with Crippen molar-refractivity contribution in [1.82, 2.24) is 4.57 Å². The molecule has 48 heavy (non-hydrogen) atoms. The third kappa shape index (κ3) is 3.57. The van der Waals surface area contributed by atoms with Gasteiger partial charge >= 0.3 is 0 Å². The highest BCUT2D eigenvalue weighted by molar-refractivity contribution is 6.16. The second-order valence-corrected chi connectivity index (χ2v) is 12.9. The maximum Gasteiger partial charge on any atom is 0.135 e. The fourth-order valence-electron chi connectivity index (χ4n) is 8.11. The third-order valence-electron chi connectivity index (χ3n) is 10.3. The van der Waals surface area contributed by atoms with Crippen molar-refractivity contribution >= 4 is 54.5 Å². The van der Waals surface area contributed by atoms with Gasteiger partial charge in [-0.3, -0.25) is 0 Å². The molecule has 11 rings (SSSR count). The van der Waals surface area contributed by atoms with E-state index in [0.29, 0.717) is 0 Å². The van der Waals surface area contributed by atoms with Crippen molar-refractivity contribution in [3.63, 3.8) is 0 Å². The molecule has 0 aliphatic heterocycles. The molecule has 2 aromatic heterocycles. The molecule has 0 saturated carbocycles. The van der Waals surface area contributed by atoms with Crippen molar-refractivity contribution < 1.29 is 4.42 Å². The minimum atomic E-state index is 0.904. The number of nitrogens with zero attached hydrogens (tertiary/aromatic N) is 1. The lowest BCUT2D eigenvalue weighted by atomic mass is 9.96. The lowest BCUT2D eigenvalue weighted by Gasteiger charge is -2.09. The summed E-state index contributed by atoms with van der Waals surface area (Å²) >= 11 is 0. The second-order valence-electron chi connectivity index (χ2n) is 12.9. The van der Waals surface area contributed by atoms with Crippen molar-refractivity contribution in [3.8, 4) is 50.2 Å². The van der Waals surface area contributed by atoms with Crippen LogP contribution in [-0.2, 0) is 0 Å². The van der Waals surface area contributed by atoms with Crippen LogP contribution in [0.2, 0.25) is 0 Å². The lowest BCUT2D eigenvalue weighted by Crippen LogP contribution is -1.93. The molecule has 0 radical (unpaired) electrons. The lowest BCUT2D eigenvalue weighted by molar-refractivity contribution is 0.669. The van der Waals surface area contributed by atoms with Gasteiger partial charge in [-0.1, -0.05) is 109 Å². The number of fused-ring (bicyclic) bond motifs is 9. The van der Waals surface area contributed by atoms with Gasteiger partial charge in [-0.25, -0.2) is 0 Å². The number of furan rings is 1. The van der Waals surface area contributed by atoms with Crippen LogP contribution in [0.25, 0.3) is 105 Å². The van der Waals surface area contributed by atoms with Crippen LogP contribution in [0, 0.1) is 0 Å². The van der Waals surface area contributed by atoms with Crippen LogP contribution in [0.5, 0.6) is 0 Å². The standard InChI is InChI=1S/C46H27NO/c1-2-10-33(11-3-1)47-42-15-5-4-12-35(42)36-21-17-32(27-43(36)47)31-19-23-45-41(26-31)40-25-30(18-22-44(40)48-45)29-16-20-34-37-13-6-8-28-9-7-14-38(46(28)37)39(34)24-29/h1-27H. The molecule has 10 aromatic rings. The van der Waals surface area contributed by atoms with Crippen LogP contribution >= 0.6 is 0 Å². The largest absolute Gasteiger partial charge is 0.456 e. The molecule has 8 aromatic carbocycles. The average Bonchev–Trinajstić information content (AvgIpc) is 3.79. The van der Waals surface area contributed by atoms with Crippen molar-refractivity contribution in [1.29, 1.82) is 0 Å². The first-order valence-electron chi connectivity index (χ1n) is 16.5. The Morgan fingerprint density at radius 1 is 0.354 bits per heavy atom. The molecule has 1 aliphatic carbocycles. The Morgan fingerprint density at radius 2 is 0.958 bits per heavy atom. The molecule has 1 aliphatic rings. The smallest absolute Gasteiger partial charge is 0.135 e. The highest BCUT2D eigenvalue weighted by Crippen LogP contribution is 2.48. The monoisotopic (exact) mass is 609 g/mol. The molecule has 2 heteroatoms. The summed E-state index contributed by atoms with van der Waals surface area (Å²) in [4.78, 5) is 0. The van der Waals surface area contributed by atoms with E-state index in [9.17, 15) is 0 Å². The first-order valence-corrected chi connectivity index (χ1v) is 16.5. The zero-order chi connectivity index (χ0) is 31.3. The summed E-state index contributed by atoms with van der Waals surface area (Å²) in [5, 5.41) is 7.44. The number of hydrogen-bond donors (Lipinski definition) is 0. The van der Waals surface area contributed by atoms with Crippen molar-refractivity contribution in [3.05, 3.63) is 164 Å². The van der Waals surface area contributed by atoms with Gasteiger partial charge in [0, 0.05) is 27.2 Å². The summed E-state index contributed by atoms with van der Waals surface area (Å²) in [6, 6.07) is 59.6. The van der Waals surface area contributed by atoms with Crippen LogP contribution < -0.4 is 0 Å². The summed E-state index contributed by atoms with van der Waals surface area (Å²) in [6.45, 7) is 0. The molecule has 0 amide bonds. The van der Waals surface area contributed by atoms with Crippen molar-refractivity contribution in [2.75, 3.05) is 0 Å². The predicted molar refractivity (Wildman–Crippen MR) is 201 cm³/mol. The summed E-state index contributed by atoms with van der Waals surface area (Å²) < 4.78 is 8.75. The molecule has 0 fully saturated rings. The van der Waals surface area contributed by atoms with E-state index in [1.54, 1.807) is 0 Å².